The Morgan fingerprint density at radius 1 is 1.18 bits per heavy atom. The first kappa shape index (κ1) is 28.7. The van der Waals surface area contributed by atoms with E-state index in [1.165, 1.54) is 18.1 Å². The second-order valence-electron chi connectivity index (χ2n) is 7.36. The molecule has 0 aliphatic heterocycles. The van der Waals surface area contributed by atoms with E-state index >= 15 is 0 Å². The van der Waals surface area contributed by atoms with Crippen LogP contribution in [-0.4, -0.2) is 87.9 Å². The first-order valence-electron chi connectivity index (χ1n) is 10.5. The van der Waals surface area contributed by atoms with Gasteiger partial charge in [0.05, 0.1) is 18.9 Å². The summed E-state index contributed by atoms with van der Waals surface area (Å²) in [6.45, 7) is -0.170. The molecule has 0 fully saturated rings. The third-order valence-electron chi connectivity index (χ3n) is 4.58. The van der Waals surface area contributed by atoms with E-state index in [4.69, 9.17) is 17.2 Å². The van der Waals surface area contributed by atoms with Gasteiger partial charge < -0.3 is 43.2 Å². The lowest BCUT2D eigenvalue weighted by Crippen LogP contribution is -2.54. The van der Waals surface area contributed by atoms with Crippen LogP contribution in [0.4, 0.5) is 0 Å². The van der Waals surface area contributed by atoms with E-state index < -0.39 is 41.8 Å². The average molecular weight is 500 g/mol. The number of hydrogen-bond acceptors (Lipinski definition) is 8. The molecule has 0 aliphatic rings. The summed E-state index contributed by atoms with van der Waals surface area (Å²) >= 11 is 1.46. The highest BCUT2D eigenvalue weighted by molar-refractivity contribution is 7.98. The van der Waals surface area contributed by atoms with E-state index in [1.807, 2.05) is 6.26 Å². The molecule has 0 radical (unpaired) electrons. The number of amides is 3. The topological polar surface area (TPSA) is 244 Å². The van der Waals surface area contributed by atoms with Crippen molar-refractivity contribution >= 4 is 41.4 Å². The van der Waals surface area contributed by atoms with Crippen LogP contribution in [0.25, 0.3) is 0 Å². The smallest absolute Gasteiger partial charge is 0.326 e. The summed E-state index contributed by atoms with van der Waals surface area (Å²) in [4.78, 5) is 59.1. The molecular weight excluding hydrogens is 466 g/mol. The lowest BCUT2D eigenvalue weighted by atomic mass is 10.1. The molecular formula is C19H33N9O5S. The Kier molecular flexibility index (Phi) is 13.1. The molecule has 0 spiro atoms. The van der Waals surface area contributed by atoms with Gasteiger partial charge in [-0.2, -0.15) is 11.8 Å². The van der Waals surface area contributed by atoms with Gasteiger partial charge in [0.1, 0.15) is 12.1 Å². The molecule has 1 aromatic rings. The van der Waals surface area contributed by atoms with Gasteiger partial charge in [-0.1, -0.05) is 0 Å². The number of guanidine groups is 1. The largest absolute Gasteiger partial charge is 0.480 e. The Labute approximate surface area is 201 Å². The molecule has 0 bridgehead atoms. The number of carboxylic acids is 1. The van der Waals surface area contributed by atoms with Crippen LogP contribution >= 0.6 is 11.8 Å². The van der Waals surface area contributed by atoms with E-state index in [1.54, 1.807) is 6.20 Å². The summed E-state index contributed by atoms with van der Waals surface area (Å²) in [5, 5.41) is 16.8. The number of nitrogens with zero attached hydrogens (tertiary/aromatic N) is 2. The van der Waals surface area contributed by atoms with Crippen molar-refractivity contribution in [2.24, 2.45) is 22.2 Å². The molecule has 15 heteroatoms. The van der Waals surface area contributed by atoms with Crippen LogP contribution in [0.15, 0.2) is 17.5 Å². The fraction of sp³-hybridized carbons (Fsp3) is 0.579. The van der Waals surface area contributed by atoms with Crippen LogP contribution in [0.5, 0.6) is 0 Å². The van der Waals surface area contributed by atoms with Gasteiger partial charge in [0.25, 0.3) is 0 Å². The van der Waals surface area contributed by atoms with Crippen LogP contribution in [0.2, 0.25) is 0 Å². The predicted octanol–water partition coefficient (Wildman–Crippen LogP) is -2.74. The van der Waals surface area contributed by atoms with E-state index in [-0.39, 0.29) is 38.3 Å². The number of hydrogen-bond donors (Lipinski definition) is 8. The number of thioether (sulfide) groups is 1. The molecule has 11 N–H and O–H groups in total. The highest BCUT2D eigenvalue weighted by atomic mass is 32.2. The van der Waals surface area contributed by atoms with Crippen molar-refractivity contribution in [3.63, 3.8) is 0 Å². The zero-order chi connectivity index (χ0) is 25.5. The second kappa shape index (κ2) is 15.5. The van der Waals surface area contributed by atoms with Gasteiger partial charge in [0.15, 0.2) is 5.96 Å². The second-order valence-corrected chi connectivity index (χ2v) is 8.34. The van der Waals surface area contributed by atoms with Crippen LogP contribution in [0.1, 0.15) is 25.0 Å². The maximum absolute atomic E-state index is 12.7. The minimum atomic E-state index is -1.22. The SMILES string of the molecule is CSCCC(NC(=O)CNC(=O)C(N)Cc1cnc[nH]1)C(=O)NC(CCCN=C(N)N)C(=O)O. The van der Waals surface area contributed by atoms with Gasteiger partial charge >= 0.3 is 5.97 Å². The summed E-state index contributed by atoms with van der Waals surface area (Å²) in [5.41, 5.74) is 17.0. The Hall–Kier alpha value is -3.33. The lowest BCUT2D eigenvalue weighted by Gasteiger charge is -2.21. The van der Waals surface area contributed by atoms with Crippen molar-refractivity contribution in [1.82, 2.24) is 25.9 Å². The Morgan fingerprint density at radius 3 is 2.50 bits per heavy atom. The van der Waals surface area contributed by atoms with Crippen molar-refractivity contribution in [3.05, 3.63) is 18.2 Å². The van der Waals surface area contributed by atoms with E-state index in [0.29, 0.717) is 17.9 Å². The summed E-state index contributed by atoms with van der Waals surface area (Å²) in [6.07, 6.45) is 5.76. The Balaban J connectivity index is 2.60. The van der Waals surface area contributed by atoms with Crippen molar-refractivity contribution in [1.29, 1.82) is 0 Å². The first-order chi connectivity index (χ1) is 16.1. The number of H-pyrrole nitrogens is 1. The predicted molar refractivity (Wildman–Crippen MR) is 128 cm³/mol. The van der Waals surface area contributed by atoms with E-state index in [0.717, 1.165) is 0 Å². The number of aliphatic imine (C=N–C) groups is 1. The maximum atomic E-state index is 12.7. The monoisotopic (exact) mass is 499 g/mol. The fourth-order valence-electron chi connectivity index (χ4n) is 2.81. The number of carbonyl (C=O) groups is 4. The maximum Gasteiger partial charge on any atom is 0.326 e. The number of aromatic nitrogens is 2. The molecule has 3 unspecified atom stereocenters. The van der Waals surface area contributed by atoms with Crippen molar-refractivity contribution in [3.8, 4) is 0 Å². The molecule has 14 nitrogen and oxygen atoms in total. The van der Waals surface area contributed by atoms with E-state index in [2.05, 4.69) is 30.9 Å². The fourth-order valence-corrected chi connectivity index (χ4v) is 3.28. The molecule has 1 aromatic heterocycles. The minimum absolute atomic E-state index is 0.103. The highest BCUT2D eigenvalue weighted by Gasteiger charge is 2.26. The van der Waals surface area contributed by atoms with Gasteiger partial charge in [-0.25, -0.2) is 9.78 Å². The summed E-state index contributed by atoms with van der Waals surface area (Å²) in [6, 6.07) is -3.04. The zero-order valence-electron chi connectivity index (χ0n) is 19.0. The lowest BCUT2D eigenvalue weighted by molar-refractivity contribution is -0.142. The number of aliphatic carboxylic acids is 1. The molecule has 0 saturated carbocycles. The van der Waals surface area contributed by atoms with Crippen molar-refractivity contribution in [2.75, 3.05) is 25.1 Å². The Bertz CT molecular complexity index is 830. The normalized spacial score (nSPS) is 13.2. The van der Waals surface area contributed by atoms with Gasteiger partial charge in [0.2, 0.25) is 17.7 Å². The highest BCUT2D eigenvalue weighted by Crippen LogP contribution is 2.04. The number of aromatic amines is 1. The number of carboxylic acid groups (broad SMARTS) is 1. The standard InChI is InChI=1S/C19H33N9O5S/c1-34-6-4-13(17(31)28-14(18(32)33)3-2-5-24-19(21)22)27-15(29)9-25-16(30)12(20)7-11-8-23-10-26-11/h8,10,12-14H,2-7,9,20H2,1H3,(H,23,26)(H,25,30)(H,27,29)(H,28,31)(H,32,33)(H4,21,22,24). The molecule has 0 aliphatic carbocycles. The van der Waals surface area contributed by atoms with Gasteiger partial charge in [0, 0.05) is 24.9 Å². The quantitative estimate of drug-likeness (QED) is 0.0662. The molecule has 0 aromatic carbocycles. The van der Waals surface area contributed by atoms with Crippen molar-refractivity contribution < 1.29 is 24.3 Å². The van der Waals surface area contributed by atoms with Gasteiger partial charge in [-0.15, -0.1) is 0 Å². The van der Waals surface area contributed by atoms with Crippen LogP contribution in [0.3, 0.4) is 0 Å². The molecule has 34 heavy (non-hydrogen) atoms. The van der Waals surface area contributed by atoms with Crippen LogP contribution in [-0.2, 0) is 25.6 Å². The average Bonchev–Trinajstić information content (AvgIpc) is 3.29. The number of nitrogens with one attached hydrogen (secondary N) is 4. The zero-order valence-corrected chi connectivity index (χ0v) is 19.8. The summed E-state index contributed by atoms with van der Waals surface area (Å²) in [5.74, 6) is -2.57. The molecule has 190 valence electrons. The summed E-state index contributed by atoms with van der Waals surface area (Å²) in [7, 11) is 0. The Morgan fingerprint density at radius 2 is 1.91 bits per heavy atom. The van der Waals surface area contributed by atoms with Gasteiger partial charge in [-0.05, 0) is 31.3 Å². The summed E-state index contributed by atoms with van der Waals surface area (Å²) < 4.78 is 0. The van der Waals surface area contributed by atoms with Gasteiger partial charge in [-0.3, -0.25) is 19.4 Å². The molecule has 1 rings (SSSR count). The third-order valence-corrected chi connectivity index (χ3v) is 5.22. The number of imidazole rings is 1. The molecule has 0 saturated heterocycles. The minimum Gasteiger partial charge on any atom is -0.480 e. The number of nitrogens with two attached hydrogens (primary N) is 3. The first-order valence-corrected chi connectivity index (χ1v) is 11.9. The molecule has 3 amide bonds. The number of rotatable bonds is 16. The van der Waals surface area contributed by atoms with E-state index in [9.17, 15) is 24.3 Å². The van der Waals surface area contributed by atoms with Crippen molar-refractivity contribution in [2.45, 2.75) is 43.8 Å². The van der Waals surface area contributed by atoms with Crippen LogP contribution in [0, 0.1) is 0 Å². The van der Waals surface area contributed by atoms with Crippen LogP contribution < -0.4 is 33.2 Å². The number of carbonyl (C=O) groups excluding carboxylic acids is 3. The molecule has 3 atom stereocenters. The molecule has 1 heterocycles. The third kappa shape index (κ3) is 11.5.